The molecule has 0 aliphatic carbocycles. The van der Waals surface area contributed by atoms with Crippen molar-refractivity contribution in [1.82, 2.24) is 4.72 Å². The summed E-state index contributed by atoms with van der Waals surface area (Å²) in [6.45, 7) is 0.0761. The van der Waals surface area contributed by atoms with Gasteiger partial charge >= 0.3 is 0 Å². The first-order valence-corrected chi connectivity index (χ1v) is 8.48. The summed E-state index contributed by atoms with van der Waals surface area (Å²) in [5.41, 5.74) is 6.88. The third kappa shape index (κ3) is 4.85. The van der Waals surface area contributed by atoms with Gasteiger partial charge in [-0.3, -0.25) is 0 Å². The Hall–Kier alpha value is -1.80. The molecular weight excluding hydrogens is 352 g/mol. The van der Waals surface area contributed by atoms with Crippen molar-refractivity contribution in [2.75, 3.05) is 20.8 Å². The van der Waals surface area contributed by atoms with Gasteiger partial charge in [0.2, 0.25) is 10.0 Å². The second-order valence-electron chi connectivity index (χ2n) is 4.89. The van der Waals surface area contributed by atoms with E-state index in [9.17, 15) is 8.42 Å². The minimum absolute atomic E-state index is 0. The fourth-order valence-corrected chi connectivity index (χ4v) is 3.33. The van der Waals surface area contributed by atoms with Crippen LogP contribution in [-0.2, 0) is 10.0 Å². The Bertz CT molecular complexity index is 754. The Morgan fingerprint density at radius 3 is 2.33 bits per heavy atom. The van der Waals surface area contributed by atoms with Crippen LogP contribution < -0.4 is 19.9 Å². The molecule has 0 amide bonds. The predicted molar refractivity (Wildman–Crippen MR) is 95.4 cm³/mol. The van der Waals surface area contributed by atoms with E-state index in [1.165, 1.54) is 20.3 Å². The molecule has 0 aliphatic heterocycles. The highest BCUT2D eigenvalue weighted by Crippen LogP contribution is 2.28. The van der Waals surface area contributed by atoms with Crippen LogP contribution in [0.2, 0.25) is 0 Å². The molecule has 132 valence electrons. The number of sulfonamides is 1. The van der Waals surface area contributed by atoms with Gasteiger partial charge in [0.1, 0.15) is 16.4 Å². The Labute approximate surface area is 148 Å². The third-order valence-electron chi connectivity index (χ3n) is 3.38. The Morgan fingerprint density at radius 1 is 1.08 bits per heavy atom. The number of nitrogens with one attached hydrogen (secondary N) is 1. The van der Waals surface area contributed by atoms with Crippen LogP contribution in [0, 0.1) is 0 Å². The van der Waals surface area contributed by atoms with Crippen LogP contribution in [0.3, 0.4) is 0 Å². The number of hydrogen-bond donors (Lipinski definition) is 2. The third-order valence-corrected chi connectivity index (χ3v) is 4.83. The standard InChI is InChI=1S/C16H20N2O4S.ClH/c1-21-13-8-9-15(22-2)16(10-13)23(19,20)18-11-14(17)12-6-4-3-5-7-12;/h3-10,14,18H,11,17H2,1-2H3;1H. The van der Waals surface area contributed by atoms with E-state index in [4.69, 9.17) is 15.2 Å². The molecule has 0 bridgehead atoms. The number of benzene rings is 2. The summed E-state index contributed by atoms with van der Waals surface area (Å²) in [5, 5.41) is 0. The minimum Gasteiger partial charge on any atom is -0.497 e. The molecule has 24 heavy (non-hydrogen) atoms. The van der Waals surface area contributed by atoms with Gasteiger partial charge in [-0.15, -0.1) is 12.4 Å². The van der Waals surface area contributed by atoms with Crippen LogP contribution in [0.25, 0.3) is 0 Å². The largest absolute Gasteiger partial charge is 0.497 e. The van der Waals surface area contributed by atoms with Crippen molar-refractivity contribution >= 4 is 22.4 Å². The highest BCUT2D eigenvalue weighted by molar-refractivity contribution is 7.89. The minimum atomic E-state index is -3.77. The van der Waals surface area contributed by atoms with Crippen LogP contribution in [0.15, 0.2) is 53.4 Å². The maximum atomic E-state index is 12.5. The van der Waals surface area contributed by atoms with E-state index in [2.05, 4.69) is 4.72 Å². The lowest BCUT2D eigenvalue weighted by Crippen LogP contribution is -2.32. The van der Waals surface area contributed by atoms with Crippen molar-refractivity contribution in [2.24, 2.45) is 5.73 Å². The molecule has 0 spiro atoms. The smallest absolute Gasteiger partial charge is 0.244 e. The molecule has 0 aromatic heterocycles. The van der Waals surface area contributed by atoms with Gasteiger partial charge in [0.15, 0.2) is 0 Å². The summed E-state index contributed by atoms with van der Waals surface area (Å²) in [7, 11) is -0.891. The van der Waals surface area contributed by atoms with E-state index >= 15 is 0 Å². The zero-order chi connectivity index (χ0) is 16.9. The molecule has 0 fully saturated rings. The van der Waals surface area contributed by atoms with Crippen molar-refractivity contribution in [2.45, 2.75) is 10.9 Å². The molecule has 0 heterocycles. The zero-order valence-corrected chi connectivity index (χ0v) is 15.1. The maximum absolute atomic E-state index is 12.5. The summed E-state index contributed by atoms with van der Waals surface area (Å²) < 4.78 is 37.7. The van der Waals surface area contributed by atoms with E-state index < -0.39 is 16.1 Å². The molecule has 0 saturated heterocycles. The summed E-state index contributed by atoms with van der Waals surface area (Å²) >= 11 is 0. The molecule has 2 rings (SSSR count). The zero-order valence-electron chi connectivity index (χ0n) is 13.4. The van der Waals surface area contributed by atoms with E-state index in [0.29, 0.717) is 5.75 Å². The van der Waals surface area contributed by atoms with Crippen molar-refractivity contribution in [3.63, 3.8) is 0 Å². The van der Waals surface area contributed by atoms with Crippen LogP contribution >= 0.6 is 12.4 Å². The SMILES string of the molecule is COc1ccc(OC)c(S(=O)(=O)NCC(N)c2ccccc2)c1.Cl. The van der Waals surface area contributed by atoms with Crippen LogP contribution in [0.4, 0.5) is 0 Å². The first-order valence-electron chi connectivity index (χ1n) is 7.00. The molecule has 3 N–H and O–H groups in total. The number of hydrogen-bond acceptors (Lipinski definition) is 5. The maximum Gasteiger partial charge on any atom is 0.244 e. The van der Waals surface area contributed by atoms with Gasteiger partial charge in [-0.05, 0) is 17.7 Å². The fraction of sp³-hybridized carbons (Fsp3) is 0.250. The lowest BCUT2D eigenvalue weighted by atomic mass is 10.1. The predicted octanol–water partition coefficient (Wildman–Crippen LogP) is 2.10. The lowest BCUT2D eigenvalue weighted by molar-refractivity contribution is 0.392. The molecule has 0 saturated carbocycles. The quantitative estimate of drug-likeness (QED) is 0.776. The Morgan fingerprint density at radius 2 is 1.75 bits per heavy atom. The van der Waals surface area contributed by atoms with Gasteiger partial charge in [0, 0.05) is 18.7 Å². The summed E-state index contributed by atoms with van der Waals surface area (Å²) in [5.74, 6) is 0.671. The van der Waals surface area contributed by atoms with Crippen LogP contribution in [0.5, 0.6) is 11.5 Å². The molecule has 1 atom stereocenters. The van der Waals surface area contributed by atoms with Gasteiger partial charge in [0.25, 0.3) is 0 Å². The van der Waals surface area contributed by atoms with Crippen molar-refractivity contribution in [3.05, 3.63) is 54.1 Å². The second kappa shape index (κ2) is 8.89. The Balaban J connectivity index is 0.00000288. The average Bonchev–Trinajstić information content (AvgIpc) is 2.59. The van der Waals surface area contributed by atoms with Crippen molar-refractivity contribution < 1.29 is 17.9 Å². The van der Waals surface area contributed by atoms with Gasteiger partial charge in [-0.1, -0.05) is 30.3 Å². The summed E-state index contributed by atoms with van der Waals surface area (Å²) in [6.07, 6.45) is 0. The van der Waals surface area contributed by atoms with E-state index in [0.717, 1.165) is 5.56 Å². The number of nitrogens with two attached hydrogens (primary N) is 1. The molecule has 2 aromatic rings. The van der Waals surface area contributed by atoms with Crippen LogP contribution in [-0.4, -0.2) is 29.2 Å². The highest BCUT2D eigenvalue weighted by atomic mass is 35.5. The number of halogens is 1. The van der Waals surface area contributed by atoms with Crippen molar-refractivity contribution in [1.29, 1.82) is 0 Å². The molecule has 1 unspecified atom stereocenters. The molecule has 8 heteroatoms. The summed E-state index contributed by atoms with van der Waals surface area (Å²) in [4.78, 5) is 0.0135. The van der Waals surface area contributed by atoms with E-state index in [1.807, 2.05) is 30.3 Å². The van der Waals surface area contributed by atoms with E-state index in [1.54, 1.807) is 12.1 Å². The Kier molecular flexibility index (Phi) is 7.50. The monoisotopic (exact) mass is 372 g/mol. The van der Waals surface area contributed by atoms with Crippen molar-refractivity contribution in [3.8, 4) is 11.5 Å². The van der Waals surface area contributed by atoms with E-state index in [-0.39, 0.29) is 29.6 Å². The molecule has 0 aliphatic rings. The highest BCUT2D eigenvalue weighted by Gasteiger charge is 2.21. The first kappa shape index (κ1) is 20.2. The average molecular weight is 373 g/mol. The van der Waals surface area contributed by atoms with Gasteiger partial charge in [0.05, 0.1) is 14.2 Å². The van der Waals surface area contributed by atoms with Gasteiger partial charge in [-0.25, -0.2) is 13.1 Å². The summed E-state index contributed by atoms with van der Waals surface area (Å²) in [6, 6.07) is 13.4. The molecular formula is C16H21ClN2O4S. The fourth-order valence-electron chi connectivity index (χ4n) is 2.09. The molecule has 2 aromatic carbocycles. The normalized spacial score (nSPS) is 12.1. The molecule has 0 radical (unpaired) electrons. The topological polar surface area (TPSA) is 90.6 Å². The number of methoxy groups -OCH3 is 2. The lowest BCUT2D eigenvalue weighted by Gasteiger charge is -2.15. The van der Waals surface area contributed by atoms with Gasteiger partial charge in [-0.2, -0.15) is 0 Å². The number of ether oxygens (including phenoxy) is 2. The van der Waals surface area contributed by atoms with Gasteiger partial charge < -0.3 is 15.2 Å². The van der Waals surface area contributed by atoms with Crippen LogP contribution in [0.1, 0.15) is 11.6 Å². The number of rotatable bonds is 7. The first-order chi connectivity index (χ1) is 11.0. The molecule has 6 nitrogen and oxygen atoms in total. The second-order valence-corrected chi connectivity index (χ2v) is 6.62.